The number of hydrogen-bond acceptors (Lipinski definition) is 2. The highest BCUT2D eigenvalue weighted by atomic mass is 16.5. The molecule has 1 atom stereocenters. The second-order valence-electron chi connectivity index (χ2n) is 3.39. The predicted molar refractivity (Wildman–Crippen MR) is 47.7 cm³/mol. The first-order chi connectivity index (χ1) is 5.77. The summed E-state index contributed by atoms with van der Waals surface area (Å²) in [5, 5.41) is 10.0. The maximum absolute atomic E-state index is 10.0. The molecule has 2 nitrogen and oxygen atoms in total. The van der Waals surface area contributed by atoms with E-state index < -0.39 is 5.60 Å². The third-order valence-corrected chi connectivity index (χ3v) is 2.38. The van der Waals surface area contributed by atoms with Crippen molar-refractivity contribution in [3.63, 3.8) is 0 Å². The van der Waals surface area contributed by atoms with Gasteiger partial charge in [0, 0.05) is 19.6 Å². The van der Waals surface area contributed by atoms with Gasteiger partial charge in [-0.05, 0) is 25.7 Å². The number of terminal acetylenes is 1. The normalized spacial score (nSPS) is 30.7. The van der Waals surface area contributed by atoms with Gasteiger partial charge in [-0.25, -0.2) is 0 Å². The zero-order chi connectivity index (χ0) is 8.86. The summed E-state index contributed by atoms with van der Waals surface area (Å²) in [4.78, 5) is 0. The van der Waals surface area contributed by atoms with E-state index >= 15 is 0 Å². The summed E-state index contributed by atoms with van der Waals surface area (Å²) in [5.74, 6) is 2.56. The molecule has 1 aliphatic rings. The summed E-state index contributed by atoms with van der Waals surface area (Å²) in [5.41, 5.74) is -0.553. The lowest BCUT2D eigenvalue weighted by Gasteiger charge is -2.24. The van der Waals surface area contributed by atoms with Crippen molar-refractivity contribution in [1.82, 2.24) is 0 Å². The highest BCUT2D eigenvalue weighted by Crippen LogP contribution is 2.25. The molecule has 0 saturated carbocycles. The van der Waals surface area contributed by atoms with Gasteiger partial charge in [0.15, 0.2) is 0 Å². The fourth-order valence-electron chi connectivity index (χ4n) is 1.55. The van der Waals surface area contributed by atoms with Crippen LogP contribution in [0.1, 0.15) is 32.1 Å². The number of rotatable bonds is 2. The van der Waals surface area contributed by atoms with Gasteiger partial charge in [0.05, 0.1) is 5.60 Å². The molecule has 1 heterocycles. The Balaban J connectivity index is 2.38. The fraction of sp³-hybridized carbons (Fsp3) is 0.800. The second kappa shape index (κ2) is 4.49. The molecule has 1 N–H and O–H groups in total. The van der Waals surface area contributed by atoms with Crippen molar-refractivity contribution in [2.75, 3.05) is 13.2 Å². The van der Waals surface area contributed by atoms with Crippen LogP contribution in [0.5, 0.6) is 0 Å². The van der Waals surface area contributed by atoms with Crippen molar-refractivity contribution in [2.45, 2.75) is 37.7 Å². The first kappa shape index (κ1) is 9.57. The van der Waals surface area contributed by atoms with Crippen LogP contribution in [0.3, 0.4) is 0 Å². The molecular formula is C10H16O2. The quantitative estimate of drug-likeness (QED) is 0.630. The molecule has 0 amide bonds. The third kappa shape index (κ3) is 2.84. The Labute approximate surface area is 73.9 Å². The molecule has 0 radical (unpaired) electrons. The summed E-state index contributed by atoms with van der Waals surface area (Å²) in [7, 11) is 0. The van der Waals surface area contributed by atoms with Crippen molar-refractivity contribution >= 4 is 0 Å². The second-order valence-corrected chi connectivity index (χ2v) is 3.39. The standard InChI is InChI=1S/C10H16O2/c1-2-3-5-10(11)6-4-8-12-9-7-10/h1,11H,3-9H2. The minimum Gasteiger partial charge on any atom is -0.390 e. The average Bonchev–Trinajstić information content (AvgIpc) is 2.27. The minimum absolute atomic E-state index is 0.553. The van der Waals surface area contributed by atoms with Crippen LogP contribution in [0.4, 0.5) is 0 Å². The van der Waals surface area contributed by atoms with Crippen LogP contribution in [0, 0.1) is 12.3 Å². The highest BCUT2D eigenvalue weighted by Gasteiger charge is 2.27. The van der Waals surface area contributed by atoms with Crippen molar-refractivity contribution in [3.05, 3.63) is 0 Å². The molecule has 1 unspecified atom stereocenters. The van der Waals surface area contributed by atoms with E-state index in [1.165, 1.54) is 0 Å². The van der Waals surface area contributed by atoms with Crippen LogP contribution in [0.15, 0.2) is 0 Å². The van der Waals surface area contributed by atoms with Gasteiger partial charge in [-0.3, -0.25) is 0 Å². The molecule has 0 aromatic heterocycles. The van der Waals surface area contributed by atoms with Gasteiger partial charge in [0.25, 0.3) is 0 Å². The van der Waals surface area contributed by atoms with E-state index in [0.29, 0.717) is 19.4 Å². The molecule has 12 heavy (non-hydrogen) atoms. The van der Waals surface area contributed by atoms with Gasteiger partial charge in [0.2, 0.25) is 0 Å². The van der Waals surface area contributed by atoms with E-state index in [4.69, 9.17) is 11.2 Å². The number of ether oxygens (including phenoxy) is 1. The van der Waals surface area contributed by atoms with Crippen molar-refractivity contribution in [3.8, 4) is 12.3 Å². The smallest absolute Gasteiger partial charge is 0.0679 e. The molecule has 0 aromatic rings. The Morgan fingerprint density at radius 3 is 3.00 bits per heavy atom. The largest absolute Gasteiger partial charge is 0.390 e. The molecular weight excluding hydrogens is 152 g/mol. The molecule has 0 aliphatic carbocycles. The molecule has 0 spiro atoms. The zero-order valence-corrected chi connectivity index (χ0v) is 7.38. The fourth-order valence-corrected chi connectivity index (χ4v) is 1.55. The Kier molecular flexibility index (Phi) is 3.58. The van der Waals surface area contributed by atoms with E-state index in [1.54, 1.807) is 0 Å². The van der Waals surface area contributed by atoms with Crippen LogP contribution >= 0.6 is 0 Å². The molecule has 1 rings (SSSR count). The van der Waals surface area contributed by atoms with Crippen LogP contribution < -0.4 is 0 Å². The maximum atomic E-state index is 10.0. The SMILES string of the molecule is C#CCCC1(O)CCCOCC1. The van der Waals surface area contributed by atoms with Crippen molar-refractivity contribution in [1.29, 1.82) is 0 Å². The molecule has 68 valence electrons. The summed E-state index contributed by atoms with van der Waals surface area (Å²) >= 11 is 0. The number of aliphatic hydroxyl groups is 1. The molecule has 2 heteroatoms. The lowest BCUT2D eigenvalue weighted by atomic mass is 9.90. The van der Waals surface area contributed by atoms with Crippen LogP contribution in [-0.4, -0.2) is 23.9 Å². The number of hydrogen-bond donors (Lipinski definition) is 1. The Hall–Kier alpha value is -0.520. The molecule has 1 fully saturated rings. The summed E-state index contributed by atoms with van der Waals surface area (Å²) in [6.45, 7) is 1.44. The van der Waals surface area contributed by atoms with E-state index in [0.717, 1.165) is 25.9 Å². The molecule has 0 aromatic carbocycles. The average molecular weight is 168 g/mol. The van der Waals surface area contributed by atoms with E-state index in [1.807, 2.05) is 0 Å². The highest BCUT2D eigenvalue weighted by molar-refractivity contribution is 4.89. The minimum atomic E-state index is -0.553. The predicted octanol–water partition coefficient (Wildman–Crippen LogP) is 1.33. The van der Waals surface area contributed by atoms with E-state index in [2.05, 4.69) is 5.92 Å². The van der Waals surface area contributed by atoms with Crippen molar-refractivity contribution < 1.29 is 9.84 Å². The summed E-state index contributed by atoms with van der Waals surface area (Å²) in [6, 6.07) is 0. The topological polar surface area (TPSA) is 29.5 Å². The van der Waals surface area contributed by atoms with E-state index in [9.17, 15) is 5.11 Å². The van der Waals surface area contributed by atoms with Gasteiger partial charge < -0.3 is 9.84 Å². The lowest BCUT2D eigenvalue weighted by molar-refractivity contribution is 0.0120. The zero-order valence-electron chi connectivity index (χ0n) is 7.38. The summed E-state index contributed by atoms with van der Waals surface area (Å²) in [6.07, 6.45) is 9.03. The Morgan fingerprint density at radius 2 is 2.25 bits per heavy atom. The first-order valence-electron chi connectivity index (χ1n) is 4.50. The van der Waals surface area contributed by atoms with Gasteiger partial charge >= 0.3 is 0 Å². The Morgan fingerprint density at radius 1 is 1.42 bits per heavy atom. The summed E-state index contributed by atoms with van der Waals surface area (Å²) < 4.78 is 5.26. The lowest BCUT2D eigenvalue weighted by Crippen LogP contribution is -2.28. The van der Waals surface area contributed by atoms with Crippen LogP contribution in [0.2, 0.25) is 0 Å². The van der Waals surface area contributed by atoms with Gasteiger partial charge in [-0.15, -0.1) is 12.3 Å². The van der Waals surface area contributed by atoms with Crippen molar-refractivity contribution in [2.24, 2.45) is 0 Å². The van der Waals surface area contributed by atoms with Gasteiger partial charge in [0.1, 0.15) is 0 Å². The van der Waals surface area contributed by atoms with Gasteiger partial charge in [-0.1, -0.05) is 0 Å². The third-order valence-electron chi connectivity index (χ3n) is 2.38. The molecule has 0 bridgehead atoms. The Bertz CT molecular complexity index is 161. The molecule has 1 aliphatic heterocycles. The first-order valence-corrected chi connectivity index (χ1v) is 4.50. The monoisotopic (exact) mass is 168 g/mol. The van der Waals surface area contributed by atoms with Crippen LogP contribution in [-0.2, 0) is 4.74 Å². The molecule has 1 saturated heterocycles. The van der Waals surface area contributed by atoms with E-state index in [-0.39, 0.29) is 0 Å². The maximum Gasteiger partial charge on any atom is 0.0679 e. The van der Waals surface area contributed by atoms with Crippen LogP contribution in [0.25, 0.3) is 0 Å². The van der Waals surface area contributed by atoms with Gasteiger partial charge in [-0.2, -0.15) is 0 Å².